The molecule has 0 spiro atoms. The maximum absolute atomic E-state index is 12.2. The van der Waals surface area contributed by atoms with E-state index in [1.165, 1.54) is 4.57 Å². The van der Waals surface area contributed by atoms with Crippen LogP contribution in [0.25, 0.3) is 0 Å². The van der Waals surface area contributed by atoms with Crippen LogP contribution in [0.5, 0.6) is 0 Å². The fraction of sp³-hybridized carbons (Fsp3) is 0.385. The number of allylic oxidation sites excluding steroid dienone is 10. The molecule has 30 heavy (non-hydrogen) atoms. The molecule has 0 atom stereocenters. The molecule has 0 amide bonds. The van der Waals surface area contributed by atoms with Gasteiger partial charge in [0.15, 0.2) is 0 Å². The lowest BCUT2D eigenvalue weighted by Crippen LogP contribution is -2.14. The van der Waals surface area contributed by atoms with Gasteiger partial charge in [0.25, 0.3) is 0 Å². The largest absolute Gasteiger partial charge is 0.481 e. The van der Waals surface area contributed by atoms with Crippen LogP contribution in [0.15, 0.2) is 79.1 Å². The second-order valence-electron chi connectivity index (χ2n) is 6.93. The van der Waals surface area contributed by atoms with Gasteiger partial charge in [-0.1, -0.05) is 67.7 Å². The number of aliphatic carboxylic acids is 1. The molecule has 1 N–H and O–H groups in total. The van der Waals surface area contributed by atoms with Crippen molar-refractivity contribution >= 4 is 11.9 Å². The topological polar surface area (TPSA) is 59.3 Å². The quantitative estimate of drug-likeness (QED) is 0.260. The van der Waals surface area contributed by atoms with E-state index >= 15 is 0 Å². The number of carboxylic acids is 1. The van der Waals surface area contributed by atoms with E-state index in [1.807, 2.05) is 0 Å². The van der Waals surface area contributed by atoms with E-state index in [9.17, 15) is 9.59 Å². The zero-order valence-corrected chi connectivity index (χ0v) is 18.1. The van der Waals surface area contributed by atoms with Crippen LogP contribution in [0.2, 0.25) is 0 Å². The van der Waals surface area contributed by atoms with Crippen molar-refractivity contribution in [3.63, 3.8) is 0 Å². The van der Waals surface area contributed by atoms with Crippen LogP contribution >= 0.6 is 0 Å². The molecule has 0 aromatic carbocycles. The Morgan fingerprint density at radius 2 is 1.40 bits per heavy atom. The third-order valence-corrected chi connectivity index (χ3v) is 4.35. The standard InChI is InChI=1S/C26H35NO3/c1-2-3-4-5-6-7-8-9-10-11-12-13-14-15-16-17-18-21-25(28)27-22-19-20-24(27)23-26(29)30/h3-4,6-7,9-10,12-13,15-16,19-20,22H,2,5,8,11,14,17-18,21,23H2,1H3,(H,29,30). The number of hydrogen-bond acceptors (Lipinski definition) is 2. The Morgan fingerprint density at radius 3 is 1.93 bits per heavy atom. The third-order valence-electron chi connectivity index (χ3n) is 4.35. The van der Waals surface area contributed by atoms with Gasteiger partial charge in [-0.05, 0) is 57.1 Å². The highest BCUT2D eigenvalue weighted by atomic mass is 16.4. The number of unbranched alkanes of at least 4 members (excludes halogenated alkanes) is 1. The molecular formula is C26H35NO3. The first-order valence-corrected chi connectivity index (χ1v) is 10.8. The summed E-state index contributed by atoms with van der Waals surface area (Å²) in [5.41, 5.74) is 0.530. The first-order valence-electron chi connectivity index (χ1n) is 10.8. The van der Waals surface area contributed by atoms with Crippen LogP contribution < -0.4 is 0 Å². The first kappa shape index (κ1) is 25.2. The Labute approximate surface area is 181 Å². The molecule has 0 saturated heterocycles. The Bertz CT molecular complexity index is 763. The predicted molar refractivity (Wildman–Crippen MR) is 125 cm³/mol. The molecule has 0 radical (unpaired) electrons. The molecule has 0 bridgehead atoms. The molecular weight excluding hydrogens is 374 g/mol. The van der Waals surface area contributed by atoms with Crippen molar-refractivity contribution in [2.75, 3.05) is 0 Å². The molecule has 0 unspecified atom stereocenters. The molecule has 1 aromatic heterocycles. The summed E-state index contributed by atoms with van der Waals surface area (Å²) >= 11 is 0. The van der Waals surface area contributed by atoms with Gasteiger partial charge in [0, 0.05) is 18.3 Å². The van der Waals surface area contributed by atoms with E-state index in [1.54, 1.807) is 18.3 Å². The van der Waals surface area contributed by atoms with E-state index in [4.69, 9.17) is 5.11 Å². The highest BCUT2D eigenvalue weighted by Crippen LogP contribution is 2.08. The molecule has 0 saturated carbocycles. The van der Waals surface area contributed by atoms with Crippen molar-refractivity contribution in [2.24, 2.45) is 0 Å². The Balaban J connectivity index is 2.09. The predicted octanol–water partition coefficient (Wildman–Crippen LogP) is 6.68. The number of rotatable bonds is 15. The Morgan fingerprint density at radius 1 is 0.867 bits per heavy atom. The van der Waals surface area contributed by atoms with Crippen LogP contribution in [-0.2, 0) is 11.2 Å². The van der Waals surface area contributed by atoms with Crippen molar-refractivity contribution < 1.29 is 14.7 Å². The minimum Gasteiger partial charge on any atom is -0.481 e. The molecule has 4 heteroatoms. The lowest BCUT2D eigenvalue weighted by atomic mass is 10.2. The molecule has 1 rings (SSSR count). The van der Waals surface area contributed by atoms with E-state index in [-0.39, 0.29) is 12.3 Å². The first-order chi connectivity index (χ1) is 14.6. The number of carboxylic acid groups (broad SMARTS) is 1. The minimum absolute atomic E-state index is 0.0522. The van der Waals surface area contributed by atoms with Crippen LogP contribution in [0.3, 0.4) is 0 Å². The number of aromatic nitrogens is 1. The maximum Gasteiger partial charge on any atom is 0.309 e. The van der Waals surface area contributed by atoms with Gasteiger partial charge in [-0.15, -0.1) is 0 Å². The van der Waals surface area contributed by atoms with Gasteiger partial charge >= 0.3 is 5.97 Å². The molecule has 1 heterocycles. The molecule has 0 aliphatic rings. The summed E-state index contributed by atoms with van der Waals surface area (Å²) in [6.07, 6.45) is 30.1. The van der Waals surface area contributed by atoms with Crippen LogP contribution in [0.1, 0.15) is 68.8 Å². The van der Waals surface area contributed by atoms with Crippen LogP contribution in [0, 0.1) is 0 Å². The van der Waals surface area contributed by atoms with Gasteiger partial charge in [-0.25, -0.2) is 0 Å². The monoisotopic (exact) mass is 409 g/mol. The lowest BCUT2D eigenvalue weighted by molar-refractivity contribution is -0.136. The fourth-order valence-electron chi connectivity index (χ4n) is 2.82. The smallest absolute Gasteiger partial charge is 0.309 e. The van der Waals surface area contributed by atoms with E-state index in [2.05, 4.69) is 67.7 Å². The second kappa shape index (κ2) is 17.0. The number of hydrogen-bond donors (Lipinski definition) is 1. The molecule has 1 aromatic rings. The molecule has 4 nitrogen and oxygen atoms in total. The third kappa shape index (κ3) is 12.6. The Hall–Kier alpha value is -2.88. The highest BCUT2D eigenvalue weighted by Gasteiger charge is 2.11. The van der Waals surface area contributed by atoms with Gasteiger partial charge < -0.3 is 5.11 Å². The Kier molecular flexibility index (Phi) is 14.3. The molecule has 0 aliphatic heterocycles. The van der Waals surface area contributed by atoms with Crippen LogP contribution in [0.4, 0.5) is 0 Å². The van der Waals surface area contributed by atoms with Crippen molar-refractivity contribution in [1.82, 2.24) is 4.57 Å². The maximum atomic E-state index is 12.2. The van der Waals surface area contributed by atoms with Crippen LogP contribution in [-0.4, -0.2) is 21.6 Å². The molecule has 0 fully saturated rings. The summed E-state index contributed by atoms with van der Waals surface area (Å²) < 4.78 is 1.45. The van der Waals surface area contributed by atoms with Crippen molar-refractivity contribution in [3.05, 3.63) is 84.8 Å². The number of carbonyl (C=O) groups is 2. The van der Waals surface area contributed by atoms with E-state index in [0.29, 0.717) is 12.1 Å². The second-order valence-corrected chi connectivity index (χ2v) is 6.93. The summed E-state index contributed by atoms with van der Waals surface area (Å²) in [5.74, 6) is -0.981. The molecule has 0 aliphatic carbocycles. The fourth-order valence-corrected chi connectivity index (χ4v) is 2.82. The van der Waals surface area contributed by atoms with Crippen molar-refractivity contribution in [2.45, 2.75) is 64.7 Å². The summed E-state index contributed by atoms with van der Waals surface area (Å²) in [7, 11) is 0. The average Bonchev–Trinajstić information content (AvgIpc) is 3.17. The normalized spacial score (nSPS) is 12.4. The zero-order valence-electron chi connectivity index (χ0n) is 18.1. The average molecular weight is 410 g/mol. The molecule has 162 valence electrons. The lowest BCUT2D eigenvalue weighted by Gasteiger charge is -2.05. The van der Waals surface area contributed by atoms with E-state index in [0.717, 1.165) is 44.9 Å². The van der Waals surface area contributed by atoms with Gasteiger partial charge in [0.05, 0.1) is 6.42 Å². The van der Waals surface area contributed by atoms with Crippen molar-refractivity contribution in [3.8, 4) is 0 Å². The van der Waals surface area contributed by atoms with Gasteiger partial charge in [0.2, 0.25) is 5.91 Å². The highest BCUT2D eigenvalue weighted by molar-refractivity contribution is 5.81. The summed E-state index contributed by atoms with van der Waals surface area (Å²) in [6, 6.07) is 3.39. The summed E-state index contributed by atoms with van der Waals surface area (Å²) in [6.45, 7) is 2.14. The SMILES string of the molecule is CCC=CCC=CCC=CCC=CCC=CCCCC(=O)n1cccc1CC(=O)O. The summed E-state index contributed by atoms with van der Waals surface area (Å²) in [5, 5.41) is 8.88. The van der Waals surface area contributed by atoms with Gasteiger partial charge in [-0.3, -0.25) is 14.2 Å². The van der Waals surface area contributed by atoms with Gasteiger partial charge in [-0.2, -0.15) is 0 Å². The van der Waals surface area contributed by atoms with Crippen molar-refractivity contribution in [1.29, 1.82) is 0 Å². The minimum atomic E-state index is -0.929. The summed E-state index contributed by atoms with van der Waals surface area (Å²) in [4.78, 5) is 23.0. The zero-order chi connectivity index (χ0) is 21.9. The number of carbonyl (C=O) groups excluding carboxylic acids is 1. The van der Waals surface area contributed by atoms with Gasteiger partial charge in [0.1, 0.15) is 0 Å². The number of nitrogens with zero attached hydrogens (tertiary/aromatic N) is 1. The van der Waals surface area contributed by atoms with E-state index < -0.39 is 5.97 Å².